The van der Waals surface area contributed by atoms with Gasteiger partial charge in [0.05, 0.1) is 24.8 Å². The number of carbonyl (C=O) groups is 1. The summed E-state index contributed by atoms with van der Waals surface area (Å²) in [5, 5.41) is 13.3. The van der Waals surface area contributed by atoms with Gasteiger partial charge in [-0.3, -0.25) is 14.8 Å². The lowest BCUT2D eigenvalue weighted by Crippen LogP contribution is -2.25. The molecule has 4 heterocycles. The number of nitrogens with zero attached hydrogens (tertiary/aromatic N) is 6. The van der Waals surface area contributed by atoms with Crippen LogP contribution in [0.4, 0.5) is 30.8 Å². The van der Waals surface area contributed by atoms with E-state index >= 15 is 0 Å². The number of anilines is 3. The molecule has 14 heteroatoms. The van der Waals surface area contributed by atoms with E-state index in [1.807, 2.05) is 0 Å². The van der Waals surface area contributed by atoms with E-state index in [-0.39, 0.29) is 36.7 Å². The molecule has 1 saturated heterocycles. The molecule has 4 rings (SSSR count). The van der Waals surface area contributed by atoms with Gasteiger partial charge in [0.1, 0.15) is 29.8 Å². The lowest BCUT2D eigenvalue weighted by atomic mass is 10.1. The van der Waals surface area contributed by atoms with Crippen LogP contribution in [-0.2, 0) is 16.1 Å². The van der Waals surface area contributed by atoms with Gasteiger partial charge in [-0.25, -0.2) is 15.0 Å². The predicted octanol–water partition coefficient (Wildman–Crippen LogP) is 1.80. The summed E-state index contributed by atoms with van der Waals surface area (Å²) < 4.78 is 43.3. The number of halogens is 3. The van der Waals surface area contributed by atoms with E-state index in [2.05, 4.69) is 41.0 Å². The first kappa shape index (κ1) is 22.8. The van der Waals surface area contributed by atoms with Crippen molar-refractivity contribution < 1.29 is 22.7 Å². The quantitative estimate of drug-likeness (QED) is 0.426. The first-order chi connectivity index (χ1) is 15.8. The Balaban J connectivity index is 1.64. The molecule has 0 bridgehead atoms. The Bertz CT molecular complexity index is 1120. The van der Waals surface area contributed by atoms with Crippen LogP contribution in [0.3, 0.4) is 0 Å². The molecule has 0 aliphatic carbocycles. The van der Waals surface area contributed by atoms with E-state index < -0.39 is 12.8 Å². The van der Waals surface area contributed by atoms with E-state index in [4.69, 9.17) is 4.74 Å². The fourth-order valence-corrected chi connectivity index (χ4v) is 3.45. The van der Waals surface area contributed by atoms with Crippen molar-refractivity contribution in [2.24, 2.45) is 5.92 Å². The van der Waals surface area contributed by atoms with Crippen LogP contribution in [0.1, 0.15) is 12.1 Å². The van der Waals surface area contributed by atoms with Crippen LogP contribution in [-0.4, -0.2) is 68.1 Å². The normalized spacial score (nSPS) is 16.3. The molecule has 176 valence electrons. The number of hydrogen-bond donors (Lipinski definition) is 3. The third kappa shape index (κ3) is 5.70. The molecule has 33 heavy (non-hydrogen) atoms. The molecule has 1 atom stereocenters. The summed E-state index contributed by atoms with van der Waals surface area (Å²) >= 11 is 0. The molecule has 1 aliphatic heterocycles. The minimum atomic E-state index is -4.41. The van der Waals surface area contributed by atoms with Crippen molar-refractivity contribution in [1.29, 1.82) is 0 Å². The minimum absolute atomic E-state index is 0.0433. The SMILES string of the molecule is Cc1nn(CCOCC(F)(F)F)c2c(Nc3ccncn3)nc(NC(=O)[C@H]3CCNC3)nc12. The van der Waals surface area contributed by atoms with Crippen LogP contribution in [0.5, 0.6) is 0 Å². The number of aromatic nitrogens is 6. The van der Waals surface area contributed by atoms with Gasteiger partial charge in [-0.15, -0.1) is 0 Å². The average molecular weight is 465 g/mol. The highest BCUT2D eigenvalue weighted by atomic mass is 19.4. The Morgan fingerprint density at radius 1 is 1.36 bits per heavy atom. The fraction of sp³-hybridized carbons (Fsp3) is 0.474. The van der Waals surface area contributed by atoms with Gasteiger partial charge in [-0.05, 0) is 26.0 Å². The average Bonchev–Trinajstić information content (AvgIpc) is 3.40. The molecular weight excluding hydrogens is 443 g/mol. The Labute approximate surface area is 186 Å². The van der Waals surface area contributed by atoms with Crippen LogP contribution in [0, 0.1) is 12.8 Å². The molecule has 0 spiro atoms. The van der Waals surface area contributed by atoms with Crippen LogP contribution in [0.25, 0.3) is 11.0 Å². The summed E-state index contributed by atoms with van der Waals surface area (Å²) in [5.41, 5.74) is 1.41. The number of fused-ring (bicyclic) bond motifs is 1. The standard InChI is InChI=1S/C19H22F3N9O2/c1-11-14-15(31(30-11)6-7-33-9-19(20,21)22)16(26-13-3-5-24-10-25-13)28-18(27-14)29-17(32)12-2-4-23-8-12/h3,5,10,12,23H,2,4,6-9H2,1H3,(H2,24,25,26,27,28,29,32)/t12-/m0/s1. The highest BCUT2D eigenvalue weighted by molar-refractivity contribution is 5.95. The van der Waals surface area contributed by atoms with Crippen molar-refractivity contribution >= 4 is 34.5 Å². The zero-order valence-electron chi connectivity index (χ0n) is 17.7. The van der Waals surface area contributed by atoms with Gasteiger partial charge >= 0.3 is 6.18 Å². The number of aryl methyl sites for hydroxylation is 1. The van der Waals surface area contributed by atoms with Crippen molar-refractivity contribution in [2.75, 3.05) is 36.9 Å². The van der Waals surface area contributed by atoms with Crippen molar-refractivity contribution in [3.05, 3.63) is 24.3 Å². The molecule has 3 aromatic heterocycles. The van der Waals surface area contributed by atoms with Gasteiger partial charge < -0.3 is 15.4 Å². The van der Waals surface area contributed by atoms with Crippen LogP contribution in [0.2, 0.25) is 0 Å². The monoisotopic (exact) mass is 465 g/mol. The zero-order valence-corrected chi connectivity index (χ0v) is 17.7. The Kier molecular flexibility index (Phi) is 6.65. The maximum absolute atomic E-state index is 12.6. The summed E-state index contributed by atoms with van der Waals surface area (Å²) in [7, 11) is 0. The number of nitrogens with one attached hydrogen (secondary N) is 3. The second-order valence-electron chi connectivity index (χ2n) is 7.47. The number of ether oxygens (including phenoxy) is 1. The van der Waals surface area contributed by atoms with Gasteiger partial charge in [-0.2, -0.15) is 23.3 Å². The van der Waals surface area contributed by atoms with Crippen molar-refractivity contribution in [3.63, 3.8) is 0 Å². The second-order valence-corrected chi connectivity index (χ2v) is 7.47. The maximum Gasteiger partial charge on any atom is 0.411 e. The Morgan fingerprint density at radius 3 is 2.91 bits per heavy atom. The van der Waals surface area contributed by atoms with E-state index in [9.17, 15) is 18.0 Å². The van der Waals surface area contributed by atoms with Crippen LogP contribution >= 0.6 is 0 Å². The van der Waals surface area contributed by atoms with Crippen molar-refractivity contribution in [3.8, 4) is 0 Å². The van der Waals surface area contributed by atoms with E-state index in [1.54, 1.807) is 13.0 Å². The number of carbonyl (C=O) groups excluding carboxylic acids is 1. The lowest BCUT2D eigenvalue weighted by molar-refractivity contribution is -0.174. The van der Waals surface area contributed by atoms with Gasteiger partial charge in [-0.1, -0.05) is 0 Å². The first-order valence-electron chi connectivity index (χ1n) is 10.2. The minimum Gasteiger partial charge on any atom is -0.370 e. The predicted molar refractivity (Wildman–Crippen MR) is 112 cm³/mol. The van der Waals surface area contributed by atoms with Gasteiger partial charge in [0, 0.05) is 12.7 Å². The summed E-state index contributed by atoms with van der Waals surface area (Å²) in [6.45, 7) is 1.54. The summed E-state index contributed by atoms with van der Waals surface area (Å²) in [6, 6.07) is 1.62. The largest absolute Gasteiger partial charge is 0.411 e. The van der Waals surface area contributed by atoms with Crippen LogP contribution in [0.15, 0.2) is 18.6 Å². The molecule has 1 fully saturated rings. The smallest absolute Gasteiger partial charge is 0.370 e. The van der Waals surface area contributed by atoms with Crippen LogP contribution < -0.4 is 16.0 Å². The van der Waals surface area contributed by atoms with Gasteiger partial charge in [0.15, 0.2) is 5.82 Å². The molecule has 0 radical (unpaired) electrons. The molecular formula is C19H22F3N9O2. The Morgan fingerprint density at radius 2 is 2.21 bits per heavy atom. The topological polar surface area (TPSA) is 132 Å². The fourth-order valence-electron chi connectivity index (χ4n) is 3.45. The molecule has 3 N–H and O–H groups in total. The number of alkyl halides is 3. The molecule has 0 unspecified atom stereocenters. The molecule has 11 nitrogen and oxygen atoms in total. The summed E-state index contributed by atoms with van der Waals surface area (Å²) in [6.07, 6.45) is -0.803. The highest BCUT2D eigenvalue weighted by Gasteiger charge is 2.28. The molecule has 1 amide bonds. The van der Waals surface area contributed by atoms with Gasteiger partial charge in [0.2, 0.25) is 11.9 Å². The maximum atomic E-state index is 12.6. The summed E-state index contributed by atoms with van der Waals surface area (Å²) in [5.74, 6) is 0.429. The van der Waals surface area contributed by atoms with E-state index in [0.717, 1.165) is 13.0 Å². The second kappa shape index (κ2) is 9.62. The van der Waals surface area contributed by atoms with Crippen molar-refractivity contribution in [2.45, 2.75) is 26.1 Å². The first-order valence-corrected chi connectivity index (χ1v) is 10.2. The third-order valence-corrected chi connectivity index (χ3v) is 4.96. The lowest BCUT2D eigenvalue weighted by Gasteiger charge is -2.13. The number of rotatable bonds is 8. The summed E-state index contributed by atoms with van der Waals surface area (Å²) in [4.78, 5) is 29.4. The highest BCUT2D eigenvalue weighted by Crippen LogP contribution is 2.27. The van der Waals surface area contributed by atoms with E-state index in [0.29, 0.717) is 29.1 Å². The molecule has 0 saturated carbocycles. The number of amides is 1. The molecule has 3 aromatic rings. The van der Waals surface area contributed by atoms with E-state index in [1.165, 1.54) is 17.2 Å². The molecule has 1 aliphatic rings. The van der Waals surface area contributed by atoms with Gasteiger partial charge in [0.25, 0.3) is 0 Å². The Hall–Kier alpha value is -3.39. The molecule has 0 aromatic carbocycles. The number of hydrogen-bond acceptors (Lipinski definition) is 9. The van der Waals surface area contributed by atoms with Crippen molar-refractivity contribution in [1.82, 2.24) is 35.0 Å². The third-order valence-electron chi connectivity index (χ3n) is 4.96. The zero-order chi connectivity index (χ0) is 23.4.